The normalized spacial score (nSPS) is 17.1. The summed E-state index contributed by atoms with van der Waals surface area (Å²) in [5.41, 5.74) is 0. The van der Waals surface area contributed by atoms with Crippen LogP contribution >= 0.6 is 0 Å². The minimum absolute atomic E-state index is 0.0832. The predicted octanol–water partition coefficient (Wildman–Crippen LogP) is 0.0705. The summed E-state index contributed by atoms with van der Waals surface area (Å²) >= 11 is 0. The van der Waals surface area contributed by atoms with E-state index >= 15 is 0 Å². The zero-order chi connectivity index (χ0) is 13.2. The number of hydrogen-bond donors (Lipinski definition) is 2. The van der Waals surface area contributed by atoms with Crippen molar-refractivity contribution in [2.24, 2.45) is 5.92 Å². The Morgan fingerprint density at radius 1 is 1.44 bits per heavy atom. The first kappa shape index (κ1) is 15.4. The van der Waals surface area contributed by atoms with Crippen LogP contribution in [-0.2, 0) is 9.53 Å². The van der Waals surface area contributed by atoms with Crippen molar-refractivity contribution in [3.05, 3.63) is 0 Å². The lowest BCUT2D eigenvalue weighted by Gasteiger charge is -2.25. The maximum atomic E-state index is 11.6. The van der Waals surface area contributed by atoms with Crippen LogP contribution < -0.4 is 10.6 Å². The average molecular weight is 257 g/mol. The molecule has 0 unspecified atom stereocenters. The predicted molar refractivity (Wildman–Crippen MR) is 72.6 cm³/mol. The third-order valence-corrected chi connectivity index (χ3v) is 3.42. The Hall–Kier alpha value is -0.650. The Balaban J connectivity index is 2.04. The third kappa shape index (κ3) is 6.93. The molecule has 0 aliphatic carbocycles. The zero-order valence-electron chi connectivity index (χ0n) is 11.7. The lowest BCUT2D eigenvalue weighted by Crippen LogP contribution is -2.38. The highest BCUT2D eigenvalue weighted by molar-refractivity contribution is 5.77. The van der Waals surface area contributed by atoms with Gasteiger partial charge in [-0.1, -0.05) is 0 Å². The number of hydrogen-bond acceptors (Lipinski definition) is 4. The molecule has 0 atom stereocenters. The van der Waals surface area contributed by atoms with Gasteiger partial charge in [-0.05, 0) is 51.9 Å². The molecule has 5 nitrogen and oxygen atoms in total. The van der Waals surface area contributed by atoms with Crippen LogP contribution in [-0.4, -0.2) is 64.3 Å². The zero-order valence-corrected chi connectivity index (χ0v) is 11.7. The molecule has 1 heterocycles. The Labute approximate surface area is 110 Å². The number of carbonyl (C=O) groups excluding carboxylic acids is 1. The molecule has 0 bridgehead atoms. The van der Waals surface area contributed by atoms with Crippen LogP contribution in [0.1, 0.15) is 19.3 Å². The molecule has 0 aromatic carbocycles. The van der Waals surface area contributed by atoms with Crippen LogP contribution in [0.4, 0.5) is 0 Å². The van der Waals surface area contributed by atoms with E-state index in [1.165, 1.54) is 19.3 Å². The number of nitrogens with one attached hydrogen (secondary N) is 2. The van der Waals surface area contributed by atoms with Gasteiger partial charge in [0, 0.05) is 13.7 Å². The lowest BCUT2D eigenvalue weighted by molar-refractivity contribution is -0.122. The van der Waals surface area contributed by atoms with E-state index in [0.29, 0.717) is 19.7 Å². The van der Waals surface area contributed by atoms with Crippen molar-refractivity contribution in [3.63, 3.8) is 0 Å². The number of ether oxygens (including phenoxy) is 1. The molecule has 1 rings (SSSR count). The molecule has 106 valence electrons. The SMILES string of the molecule is COCCNC(=O)CN(C)CCC1CCNCC1. The molecular formula is C13H27N3O2. The Morgan fingerprint density at radius 3 is 2.83 bits per heavy atom. The molecule has 0 radical (unpaired) electrons. The summed E-state index contributed by atoms with van der Waals surface area (Å²) in [4.78, 5) is 13.7. The minimum atomic E-state index is 0.0832. The molecule has 1 aliphatic heterocycles. The molecule has 18 heavy (non-hydrogen) atoms. The van der Waals surface area contributed by atoms with Crippen LogP contribution in [0.25, 0.3) is 0 Å². The summed E-state index contributed by atoms with van der Waals surface area (Å²) in [5, 5.41) is 6.21. The van der Waals surface area contributed by atoms with Crippen molar-refractivity contribution in [2.75, 3.05) is 53.5 Å². The van der Waals surface area contributed by atoms with Crippen LogP contribution in [0.15, 0.2) is 0 Å². The summed E-state index contributed by atoms with van der Waals surface area (Å²) in [6.45, 7) is 4.94. The van der Waals surface area contributed by atoms with Gasteiger partial charge in [0.25, 0.3) is 0 Å². The molecule has 2 N–H and O–H groups in total. The van der Waals surface area contributed by atoms with Gasteiger partial charge in [0.2, 0.25) is 5.91 Å². The van der Waals surface area contributed by atoms with E-state index in [1.54, 1.807) is 7.11 Å². The molecule has 0 saturated carbocycles. The third-order valence-electron chi connectivity index (χ3n) is 3.42. The maximum Gasteiger partial charge on any atom is 0.234 e. The molecule has 1 aliphatic rings. The molecule has 1 fully saturated rings. The summed E-state index contributed by atoms with van der Waals surface area (Å²) < 4.78 is 4.89. The van der Waals surface area contributed by atoms with Gasteiger partial charge in [0.1, 0.15) is 0 Å². The Kier molecular flexibility index (Phi) is 7.96. The summed E-state index contributed by atoms with van der Waals surface area (Å²) in [5.74, 6) is 0.908. The number of rotatable bonds is 8. The van der Waals surface area contributed by atoms with E-state index < -0.39 is 0 Å². The van der Waals surface area contributed by atoms with Gasteiger partial charge >= 0.3 is 0 Å². The van der Waals surface area contributed by atoms with Crippen molar-refractivity contribution in [3.8, 4) is 0 Å². The van der Waals surface area contributed by atoms with Gasteiger partial charge in [0.05, 0.1) is 13.2 Å². The van der Waals surface area contributed by atoms with Crippen LogP contribution in [0.5, 0.6) is 0 Å². The Bertz CT molecular complexity index is 230. The van der Waals surface area contributed by atoms with Gasteiger partial charge in [-0.3, -0.25) is 9.69 Å². The van der Waals surface area contributed by atoms with E-state index in [-0.39, 0.29) is 5.91 Å². The summed E-state index contributed by atoms with van der Waals surface area (Å²) in [7, 11) is 3.65. The minimum Gasteiger partial charge on any atom is -0.383 e. The van der Waals surface area contributed by atoms with E-state index in [4.69, 9.17) is 4.74 Å². The number of amides is 1. The summed E-state index contributed by atoms with van der Waals surface area (Å²) in [6, 6.07) is 0. The van der Waals surface area contributed by atoms with Crippen LogP contribution in [0.2, 0.25) is 0 Å². The first-order valence-corrected chi connectivity index (χ1v) is 6.87. The number of carbonyl (C=O) groups is 1. The lowest BCUT2D eigenvalue weighted by atomic mass is 9.94. The monoisotopic (exact) mass is 257 g/mol. The van der Waals surface area contributed by atoms with Crippen LogP contribution in [0.3, 0.4) is 0 Å². The van der Waals surface area contributed by atoms with E-state index in [2.05, 4.69) is 15.5 Å². The van der Waals surface area contributed by atoms with E-state index in [9.17, 15) is 4.79 Å². The van der Waals surface area contributed by atoms with Gasteiger partial charge in [0.15, 0.2) is 0 Å². The van der Waals surface area contributed by atoms with Crippen LogP contribution in [0, 0.1) is 5.92 Å². The number of piperidine rings is 1. The molecule has 0 spiro atoms. The fraction of sp³-hybridized carbons (Fsp3) is 0.923. The quantitative estimate of drug-likeness (QED) is 0.604. The molecule has 0 aromatic heterocycles. The highest BCUT2D eigenvalue weighted by Crippen LogP contribution is 2.15. The van der Waals surface area contributed by atoms with E-state index in [0.717, 1.165) is 25.6 Å². The first-order valence-electron chi connectivity index (χ1n) is 6.87. The maximum absolute atomic E-state index is 11.6. The van der Waals surface area contributed by atoms with Crippen molar-refractivity contribution in [2.45, 2.75) is 19.3 Å². The second-order valence-corrected chi connectivity index (χ2v) is 5.06. The molecule has 0 aromatic rings. The van der Waals surface area contributed by atoms with Gasteiger partial charge < -0.3 is 15.4 Å². The van der Waals surface area contributed by atoms with Gasteiger partial charge in [-0.15, -0.1) is 0 Å². The smallest absolute Gasteiger partial charge is 0.234 e. The Morgan fingerprint density at radius 2 is 2.17 bits per heavy atom. The highest BCUT2D eigenvalue weighted by atomic mass is 16.5. The second kappa shape index (κ2) is 9.30. The molecular weight excluding hydrogens is 230 g/mol. The highest BCUT2D eigenvalue weighted by Gasteiger charge is 2.14. The van der Waals surface area contributed by atoms with E-state index in [1.807, 2.05) is 7.05 Å². The molecule has 1 saturated heterocycles. The largest absolute Gasteiger partial charge is 0.383 e. The average Bonchev–Trinajstić information content (AvgIpc) is 2.38. The number of nitrogens with zero attached hydrogens (tertiary/aromatic N) is 1. The standard InChI is InChI=1S/C13H27N3O2/c1-16(11-13(17)15-8-10-18-2)9-5-12-3-6-14-7-4-12/h12,14H,3-11H2,1-2H3,(H,15,17). The molecule has 1 amide bonds. The second-order valence-electron chi connectivity index (χ2n) is 5.06. The van der Waals surface area contributed by atoms with Gasteiger partial charge in [-0.25, -0.2) is 0 Å². The summed E-state index contributed by atoms with van der Waals surface area (Å²) in [6.07, 6.45) is 3.74. The first-order chi connectivity index (χ1) is 8.72. The topological polar surface area (TPSA) is 53.6 Å². The van der Waals surface area contributed by atoms with Crippen molar-refractivity contribution < 1.29 is 9.53 Å². The van der Waals surface area contributed by atoms with Gasteiger partial charge in [-0.2, -0.15) is 0 Å². The fourth-order valence-corrected chi connectivity index (χ4v) is 2.25. The number of likely N-dealkylation sites (N-methyl/N-ethyl adjacent to an activating group) is 1. The van der Waals surface area contributed by atoms with Crippen molar-refractivity contribution in [1.82, 2.24) is 15.5 Å². The fourth-order valence-electron chi connectivity index (χ4n) is 2.25. The molecule has 5 heteroatoms. The number of methoxy groups -OCH3 is 1. The van der Waals surface area contributed by atoms with Crippen molar-refractivity contribution in [1.29, 1.82) is 0 Å². The van der Waals surface area contributed by atoms with Crippen molar-refractivity contribution >= 4 is 5.91 Å².